The monoisotopic (exact) mass is 424 g/mol. The molecule has 0 spiro atoms. The van der Waals surface area contributed by atoms with E-state index in [4.69, 9.17) is 9.51 Å². The maximum atomic E-state index is 13.1. The lowest BCUT2D eigenvalue weighted by Gasteiger charge is -2.30. The average molecular weight is 425 g/mol. The fourth-order valence-electron chi connectivity index (χ4n) is 4.68. The Morgan fingerprint density at radius 1 is 1.23 bits per heavy atom. The molecule has 9 nitrogen and oxygen atoms in total. The zero-order chi connectivity index (χ0) is 21.7. The zero-order valence-corrected chi connectivity index (χ0v) is 18.2. The third-order valence-corrected chi connectivity index (χ3v) is 6.60. The number of aryl methyl sites for hydroxylation is 1. The summed E-state index contributed by atoms with van der Waals surface area (Å²) < 4.78 is 6.71. The van der Waals surface area contributed by atoms with Crippen LogP contribution < -0.4 is 5.56 Å². The van der Waals surface area contributed by atoms with Gasteiger partial charge in [-0.3, -0.25) is 19.6 Å². The molecule has 1 amide bonds. The van der Waals surface area contributed by atoms with Crippen LogP contribution >= 0.6 is 0 Å². The maximum Gasteiger partial charge on any atom is 0.292 e. The van der Waals surface area contributed by atoms with Crippen LogP contribution in [0.3, 0.4) is 0 Å². The van der Waals surface area contributed by atoms with E-state index in [1.54, 1.807) is 17.5 Å². The van der Waals surface area contributed by atoms with Crippen LogP contribution in [-0.2, 0) is 13.0 Å². The maximum absolute atomic E-state index is 13.1. The highest BCUT2D eigenvalue weighted by molar-refractivity contribution is 5.91. The van der Waals surface area contributed by atoms with Crippen molar-refractivity contribution in [3.8, 4) is 0 Å². The first-order chi connectivity index (χ1) is 14.9. The van der Waals surface area contributed by atoms with Crippen molar-refractivity contribution in [2.75, 3.05) is 19.6 Å². The molecule has 0 bridgehead atoms. The van der Waals surface area contributed by atoms with E-state index in [9.17, 15) is 9.59 Å². The minimum atomic E-state index is -0.115. The molecule has 2 aliphatic heterocycles. The molecule has 5 heterocycles. The number of hydrogen-bond acceptors (Lipinski definition) is 6. The van der Waals surface area contributed by atoms with Crippen LogP contribution in [0.5, 0.6) is 0 Å². The van der Waals surface area contributed by atoms with Crippen LogP contribution in [-0.4, -0.2) is 61.1 Å². The Balaban J connectivity index is 1.34. The summed E-state index contributed by atoms with van der Waals surface area (Å²) in [6, 6.07) is 4.08. The van der Waals surface area contributed by atoms with Gasteiger partial charge < -0.3 is 9.42 Å². The molecule has 1 fully saturated rings. The third kappa shape index (κ3) is 3.56. The SMILES string of the molecule is Cc1cc(C(=O)N2CCC(c3cc4nc5c(c(=O)n4[nH]3)CN(C(C)C)CC5)CC2)on1. The summed E-state index contributed by atoms with van der Waals surface area (Å²) in [6.45, 7) is 8.97. The van der Waals surface area contributed by atoms with Gasteiger partial charge >= 0.3 is 0 Å². The zero-order valence-electron chi connectivity index (χ0n) is 18.2. The number of nitrogens with one attached hydrogen (secondary N) is 1. The molecule has 0 saturated carbocycles. The summed E-state index contributed by atoms with van der Waals surface area (Å²) in [5.41, 5.74) is 4.13. The minimum Gasteiger partial charge on any atom is -0.351 e. The average Bonchev–Trinajstić information content (AvgIpc) is 3.40. The quantitative estimate of drug-likeness (QED) is 0.691. The highest BCUT2D eigenvalue weighted by atomic mass is 16.5. The number of carbonyl (C=O) groups is 1. The first-order valence-corrected chi connectivity index (χ1v) is 11.0. The minimum absolute atomic E-state index is 0.00454. The van der Waals surface area contributed by atoms with Gasteiger partial charge in [0.15, 0.2) is 5.65 Å². The molecule has 5 rings (SSSR count). The second-order valence-electron chi connectivity index (χ2n) is 8.96. The van der Waals surface area contributed by atoms with Gasteiger partial charge in [0, 0.05) is 62.4 Å². The lowest BCUT2D eigenvalue weighted by molar-refractivity contribution is 0.0670. The summed E-state index contributed by atoms with van der Waals surface area (Å²) in [7, 11) is 0. The van der Waals surface area contributed by atoms with Crippen molar-refractivity contribution in [1.29, 1.82) is 0 Å². The van der Waals surface area contributed by atoms with Crippen molar-refractivity contribution in [3.05, 3.63) is 50.9 Å². The van der Waals surface area contributed by atoms with Gasteiger partial charge in [0.25, 0.3) is 11.5 Å². The molecule has 0 aliphatic carbocycles. The van der Waals surface area contributed by atoms with E-state index in [1.165, 1.54) is 0 Å². The van der Waals surface area contributed by atoms with Crippen molar-refractivity contribution in [2.45, 2.75) is 58.5 Å². The number of aromatic nitrogens is 4. The number of H-pyrrole nitrogens is 1. The molecule has 1 saturated heterocycles. The van der Waals surface area contributed by atoms with Gasteiger partial charge in [0.2, 0.25) is 5.76 Å². The summed E-state index contributed by atoms with van der Waals surface area (Å²) in [5.74, 6) is 0.431. The fraction of sp³-hybridized carbons (Fsp3) is 0.545. The van der Waals surface area contributed by atoms with Crippen LogP contribution in [0.15, 0.2) is 21.5 Å². The van der Waals surface area contributed by atoms with Gasteiger partial charge in [0.05, 0.1) is 17.0 Å². The highest BCUT2D eigenvalue weighted by Crippen LogP contribution is 2.28. The van der Waals surface area contributed by atoms with Gasteiger partial charge in [-0.1, -0.05) is 5.16 Å². The largest absolute Gasteiger partial charge is 0.351 e. The lowest BCUT2D eigenvalue weighted by Crippen LogP contribution is -2.40. The Morgan fingerprint density at radius 2 is 2.00 bits per heavy atom. The molecule has 164 valence electrons. The van der Waals surface area contributed by atoms with E-state index in [0.29, 0.717) is 42.8 Å². The molecule has 0 atom stereocenters. The van der Waals surface area contributed by atoms with E-state index < -0.39 is 0 Å². The fourth-order valence-corrected chi connectivity index (χ4v) is 4.68. The number of likely N-dealkylation sites (tertiary alicyclic amines) is 1. The summed E-state index contributed by atoms with van der Waals surface area (Å²) in [4.78, 5) is 34.6. The number of amides is 1. The Labute approximate surface area is 180 Å². The molecule has 0 unspecified atom stereocenters. The van der Waals surface area contributed by atoms with Crippen LogP contribution in [0.25, 0.3) is 5.65 Å². The molecular weight excluding hydrogens is 396 g/mol. The smallest absolute Gasteiger partial charge is 0.292 e. The molecule has 0 aromatic carbocycles. The molecule has 0 radical (unpaired) electrons. The van der Waals surface area contributed by atoms with Gasteiger partial charge in [-0.05, 0) is 33.6 Å². The van der Waals surface area contributed by atoms with Crippen LogP contribution in [0.4, 0.5) is 0 Å². The van der Waals surface area contributed by atoms with Crippen molar-refractivity contribution >= 4 is 11.6 Å². The number of aromatic amines is 1. The van der Waals surface area contributed by atoms with E-state index in [0.717, 1.165) is 42.8 Å². The second kappa shape index (κ2) is 7.64. The van der Waals surface area contributed by atoms with E-state index >= 15 is 0 Å². The highest BCUT2D eigenvalue weighted by Gasteiger charge is 2.29. The Hall–Kier alpha value is -2.94. The first-order valence-electron chi connectivity index (χ1n) is 11.0. The van der Waals surface area contributed by atoms with Crippen molar-refractivity contribution < 1.29 is 9.32 Å². The molecule has 3 aromatic rings. The van der Waals surface area contributed by atoms with Crippen LogP contribution in [0.2, 0.25) is 0 Å². The molecule has 2 aliphatic rings. The first kappa shape index (κ1) is 20.0. The van der Waals surface area contributed by atoms with Crippen LogP contribution in [0, 0.1) is 6.92 Å². The number of fused-ring (bicyclic) bond motifs is 2. The summed E-state index contributed by atoms with van der Waals surface area (Å²) in [5, 5.41) is 7.10. The topological polar surface area (TPSA) is 99.7 Å². The molecular formula is C22H28N6O3. The molecule has 3 aromatic heterocycles. The Bertz CT molecular complexity index is 1180. The number of nitrogens with zero attached hydrogens (tertiary/aromatic N) is 5. The predicted octanol–water partition coefficient (Wildman–Crippen LogP) is 2.11. The number of piperidine rings is 1. The number of rotatable bonds is 3. The van der Waals surface area contributed by atoms with Gasteiger partial charge in [0.1, 0.15) is 0 Å². The standard InChI is InChI=1S/C22H28N6O3/c1-13(2)27-9-6-17-16(12-27)21(29)28-20(23-17)11-18(24-28)15-4-7-26(8-5-15)22(30)19-10-14(3)25-31-19/h10-11,13,15,24H,4-9,12H2,1-3H3. The Morgan fingerprint density at radius 3 is 2.68 bits per heavy atom. The van der Waals surface area contributed by atoms with Crippen LogP contribution in [0.1, 0.15) is 65.8 Å². The van der Waals surface area contributed by atoms with Crippen molar-refractivity contribution in [3.63, 3.8) is 0 Å². The lowest BCUT2D eigenvalue weighted by atomic mass is 9.93. The summed E-state index contributed by atoms with van der Waals surface area (Å²) in [6.07, 6.45) is 2.45. The van der Waals surface area contributed by atoms with Crippen molar-refractivity contribution in [1.82, 2.24) is 29.6 Å². The summed E-state index contributed by atoms with van der Waals surface area (Å²) >= 11 is 0. The number of hydrogen-bond donors (Lipinski definition) is 1. The third-order valence-electron chi connectivity index (χ3n) is 6.60. The molecule has 9 heteroatoms. The normalized spacial score (nSPS) is 18.1. The van der Waals surface area contributed by atoms with E-state index in [1.807, 2.05) is 11.0 Å². The molecule has 1 N–H and O–H groups in total. The predicted molar refractivity (Wildman–Crippen MR) is 114 cm³/mol. The molecule has 31 heavy (non-hydrogen) atoms. The van der Waals surface area contributed by atoms with Gasteiger partial charge in [-0.15, -0.1) is 0 Å². The second-order valence-corrected chi connectivity index (χ2v) is 8.96. The van der Waals surface area contributed by atoms with Crippen molar-refractivity contribution in [2.24, 2.45) is 0 Å². The van der Waals surface area contributed by atoms with E-state index in [-0.39, 0.29) is 17.4 Å². The van der Waals surface area contributed by atoms with Gasteiger partial charge in [-0.2, -0.15) is 0 Å². The Kier molecular flexibility index (Phi) is 4.92. The van der Waals surface area contributed by atoms with Gasteiger partial charge in [-0.25, -0.2) is 9.50 Å². The number of carbonyl (C=O) groups excluding carboxylic acids is 1. The van der Waals surface area contributed by atoms with E-state index in [2.05, 4.69) is 29.0 Å².